The Balaban J connectivity index is 2.27. The van der Waals surface area contributed by atoms with Crippen LogP contribution >= 0.6 is 0 Å². The van der Waals surface area contributed by atoms with Crippen molar-refractivity contribution in [3.8, 4) is 0 Å². The number of aromatic nitrogens is 2. The van der Waals surface area contributed by atoms with E-state index in [1.165, 1.54) is 0 Å². The number of nitrogens with zero attached hydrogens (tertiary/aromatic N) is 2. The first-order valence-corrected chi connectivity index (χ1v) is 5.92. The van der Waals surface area contributed by atoms with Gasteiger partial charge in [-0.25, -0.2) is 0 Å². The van der Waals surface area contributed by atoms with Gasteiger partial charge in [0, 0.05) is 19.6 Å². The molecule has 2 heterocycles. The van der Waals surface area contributed by atoms with Crippen LogP contribution in [0.15, 0.2) is 6.07 Å². The summed E-state index contributed by atoms with van der Waals surface area (Å²) < 4.78 is 13.0. The molecule has 0 amide bonds. The molecular formula is C12H21N3O2. The second kappa shape index (κ2) is 4.31. The smallest absolute Gasteiger partial charge is 0.145 e. The van der Waals surface area contributed by atoms with Gasteiger partial charge in [0.15, 0.2) is 0 Å². The first-order chi connectivity index (χ1) is 7.91. The number of ether oxygens (including phenoxy) is 2. The number of nitrogen functional groups attached to an aromatic ring is 1. The van der Waals surface area contributed by atoms with Crippen LogP contribution in [-0.2, 0) is 15.0 Å². The van der Waals surface area contributed by atoms with Crippen LogP contribution in [0.2, 0.25) is 0 Å². The van der Waals surface area contributed by atoms with E-state index in [1.54, 1.807) is 7.11 Å². The van der Waals surface area contributed by atoms with Crippen molar-refractivity contribution in [2.75, 3.05) is 19.5 Å². The zero-order valence-corrected chi connectivity index (χ0v) is 10.9. The van der Waals surface area contributed by atoms with Gasteiger partial charge in [-0.3, -0.25) is 4.68 Å². The molecule has 5 heteroatoms. The van der Waals surface area contributed by atoms with Gasteiger partial charge < -0.3 is 15.2 Å². The Hall–Kier alpha value is -1.07. The lowest BCUT2D eigenvalue weighted by Gasteiger charge is -2.24. The van der Waals surface area contributed by atoms with Gasteiger partial charge >= 0.3 is 0 Å². The van der Waals surface area contributed by atoms with E-state index in [-0.39, 0.29) is 17.7 Å². The van der Waals surface area contributed by atoms with Gasteiger partial charge in [-0.2, -0.15) is 5.10 Å². The molecule has 0 saturated carbocycles. The van der Waals surface area contributed by atoms with Gasteiger partial charge in [0.25, 0.3) is 0 Å². The molecule has 0 aromatic carbocycles. The van der Waals surface area contributed by atoms with E-state index in [1.807, 2.05) is 10.7 Å². The van der Waals surface area contributed by atoms with E-state index in [0.717, 1.165) is 12.1 Å². The molecule has 1 saturated heterocycles. The van der Waals surface area contributed by atoms with Crippen molar-refractivity contribution in [1.29, 1.82) is 0 Å². The number of hydrogen-bond donors (Lipinski definition) is 1. The zero-order chi connectivity index (χ0) is 12.6. The van der Waals surface area contributed by atoms with Crippen molar-refractivity contribution in [1.82, 2.24) is 9.78 Å². The molecule has 1 aliphatic heterocycles. The van der Waals surface area contributed by atoms with Gasteiger partial charge in [0.1, 0.15) is 11.9 Å². The molecule has 2 unspecified atom stereocenters. The monoisotopic (exact) mass is 239 g/mol. The summed E-state index contributed by atoms with van der Waals surface area (Å²) in [5, 5.41) is 4.35. The Morgan fingerprint density at radius 1 is 1.53 bits per heavy atom. The maximum absolute atomic E-state index is 5.79. The molecule has 1 aromatic rings. The Bertz CT molecular complexity index is 395. The van der Waals surface area contributed by atoms with Crippen molar-refractivity contribution in [3.63, 3.8) is 0 Å². The third-order valence-electron chi connectivity index (χ3n) is 3.01. The molecule has 0 radical (unpaired) electrons. The summed E-state index contributed by atoms with van der Waals surface area (Å²) in [6.07, 6.45) is 1.06. The SMILES string of the molecule is COC1COC(c2cc(N)nn2C(C)(C)C)C1. The first kappa shape index (κ1) is 12.4. The highest BCUT2D eigenvalue weighted by molar-refractivity contribution is 5.31. The molecule has 1 aromatic heterocycles. The van der Waals surface area contributed by atoms with E-state index >= 15 is 0 Å². The highest BCUT2D eigenvalue weighted by Gasteiger charge is 2.31. The summed E-state index contributed by atoms with van der Waals surface area (Å²) in [5.74, 6) is 0.541. The maximum Gasteiger partial charge on any atom is 0.145 e. The van der Waals surface area contributed by atoms with Crippen molar-refractivity contribution >= 4 is 5.82 Å². The Morgan fingerprint density at radius 2 is 2.24 bits per heavy atom. The van der Waals surface area contributed by atoms with E-state index in [9.17, 15) is 0 Å². The molecule has 17 heavy (non-hydrogen) atoms. The first-order valence-electron chi connectivity index (χ1n) is 5.92. The van der Waals surface area contributed by atoms with E-state index in [2.05, 4.69) is 25.9 Å². The Morgan fingerprint density at radius 3 is 2.76 bits per heavy atom. The maximum atomic E-state index is 5.79. The fraction of sp³-hybridized carbons (Fsp3) is 0.750. The molecular weight excluding hydrogens is 218 g/mol. The second-order valence-electron chi connectivity index (χ2n) is 5.49. The van der Waals surface area contributed by atoms with Gasteiger partial charge in [-0.15, -0.1) is 0 Å². The third kappa shape index (κ3) is 2.45. The van der Waals surface area contributed by atoms with Crippen LogP contribution in [0.25, 0.3) is 0 Å². The number of anilines is 1. The van der Waals surface area contributed by atoms with Gasteiger partial charge in [0.2, 0.25) is 0 Å². The largest absolute Gasteiger partial charge is 0.382 e. The summed E-state index contributed by atoms with van der Waals surface area (Å²) in [6.45, 7) is 6.94. The van der Waals surface area contributed by atoms with E-state index < -0.39 is 0 Å². The number of hydrogen-bond acceptors (Lipinski definition) is 4. The molecule has 5 nitrogen and oxygen atoms in total. The predicted molar refractivity (Wildman–Crippen MR) is 65.7 cm³/mol. The number of methoxy groups -OCH3 is 1. The van der Waals surface area contributed by atoms with Crippen molar-refractivity contribution in [2.24, 2.45) is 0 Å². The highest BCUT2D eigenvalue weighted by atomic mass is 16.5. The normalized spacial score (nSPS) is 25.4. The fourth-order valence-corrected chi connectivity index (χ4v) is 2.15. The van der Waals surface area contributed by atoms with Crippen LogP contribution in [0, 0.1) is 0 Å². The van der Waals surface area contributed by atoms with Gasteiger partial charge in [-0.1, -0.05) is 0 Å². The van der Waals surface area contributed by atoms with Crippen LogP contribution < -0.4 is 5.73 Å². The molecule has 0 bridgehead atoms. The van der Waals surface area contributed by atoms with Crippen molar-refractivity contribution < 1.29 is 9.47 Å². The lowest BCUT2D eigenvalue weighted by Crippen LogP contribution is -2.26. The average Bonchev–Trinajstić information content (AvgIpc) is 2.81. The summed E-state index contributed by atoms with van der Waals surface area (Å²) >= 11 is 0. The molecule has 1 fully saturated rings. The molecule has 96 valence electrons. The Kier molecular flexibility index (Phi) is 3.14. The minimum atomic E-state index is -0.0958. The average molecular weight is 239 g/mol. The van der Waals surface area contributed by atoms with Crippen LogP contribution in [0.1, 0.15) is 39.0 Å². The summed E-state index contributed by atoms with van der Waals surface area (Å²) in [6, 6.07) is 1.90. The third-order valence-corrected chi connectivity index (χ3v) is 3.01. The molecule has 0 aliphatic carbocycles. The molecule has 2 N–H and O–H groups in total. The van der Waals surface area contributed by atoms with Crippen LogP contribution in [0.4, 0.5) is 5.82 Å². The summed E-state index contributed by atoms with van der Waals surface area (Å²) in [5.41, 5.74) is 6.73. The number of rotatable bonds is 2. The lowest BCUT2D eigenvalue weighted by atomic mass is 10.1. The minimum Gasteiger partial charge on any atom is -0.382 e. The topological polar surface area (TPSA) is 62.3 Å². The molecule has 0 spiro atoms. The van der Waals surface area contributed by atoms with E-state index in [0.29, 0.717) is 12.4 Å². The van der Waals surface area contributed by atoms with Crippen LogP contribution in [0.3, 0.4) is 0 Å². The van der Waals surface area contributed by atoms with Gasteiger partial charge in [0.05, 0.1) is 23.9 Å². The number of nitrogens with two attached hydrogens (primary N) is 1. The molecule has 1 aliphatic rings. The highest BCUT2D eigenvalue weighted by Crippen LogP contribution is 2.33. The fourth-order valence-electron chi connectivity index (χ4n) is 2.15. The van der Waals surface area contributed by atoms with Crippen LogP contribution in [-0.4, -0.2) is 29.6 Å². The Labute approximate surface area is 102 Å². The van der Waals surface area contributed by atoms with Crippen molar-refractivity contribution in [3.05, 3.63) is 11.8 Å². The molecule has 2 rings (SSSR count). The summed E-state index contributed by atoms with van der Waals surface area (Å²) in [4.78, 5) is 0. The zero-order valence-electron chi connectivity index (χ0n) is 10.9. The van der Waals surface area contributed by atoms with Crippen LogP contribution in [0.5, 0.6) is 0 Å². The lowest BCUT2D eigenvalue weighted by molar-refractivity contribution is 0.0633. The minimum absolute atomic E-state index is 0.0315. The standard InChI is InChI=1S/C12H21N3O2/c1-12(2,3)15-9(6-11(13)14-15)10-5-8(16-4)7-17-10/h6,8,10H,5,7H2,1-4H3,(H2,13,14). The molecule has 2 atom stereocenters. The van der Waals surface area contributed by atoms with E-state index in [4.69, 9.17) is 15.2 Å². The van der Waals surface area contributed by atoms with Crippen molar-refractivity contribution in [2.45, 2.75) is 44.9 Å². The quantitative estimate of drug-likeness (QED) is 0.853. The van der Waals surface area contributed by atoms with Gasteiger partial charge in [-0.05, 0) is 20.8 Å². The second-order valence-corrected chi connectivity index (χ2v) is 5.49. The summed E-state index contributed by atoms with van der Waals surface area (Å²) in [7, 11) is 1.71. The predicted octanol–water partition coefficient (Wildman–Crippen LogP) is 1.70.